The standard InChI is InChI=1S/C16H23N3O2/c1-10-7-8-14(12(9-10)15(17)20)19(3)16(21)13-6-4-5-11(2)18-13/h7-9,11,13,18H,4-6H2,1-3H3,(H2,17,20). The van der Waals surface area contributed by atoms with Crippen LogP contribution in [0.3, 0.4) is 0 Å². The van der Waals surface area contributed by atoms with Crippen molar-refractivity contribution in [3.05, 3.63) is 29.3 Å². The molecule has 0 radical (unpaired) electrons. The first-order valence-corrected chi connectivity index (χ1v) is 7.34. The number of rotatable bonds is 3. The normalized spacial score (nSPS) is 21.9. The zero-order valence-electron chi connectivity index (χ0n) is 12.8. The molecule has 5 nitrogen and oxygen atoms in total. The second-order valence-electron chi connectivity index (χ2n) is 5.83. The highest BCUT2D eigenvalue weighted by molar-refractivity contribution is 6.05. The van der Waals surface area contributed by atoms with Gasteiger partial charge < -0.3 is 16.0 Å². The Bertz CT molecular complexity index is 556. The third-order valence-corrected chi connectivity index (χ3v) is 4.02. The van der Waals surface area contributed by atoms with Gasteiger partial charge in [0.25, 0.3) is 5.91 Å². The number of primary amides is 1. The Morgan fingerprint density at radius 1 is 1.33 bits per heavy atom. The number of hydrogen-bond acceptors (Lipinski definition) is 3. The molecule has 5 heteroatoms. The molecule has 1 aliphatic heterocycles. The average Bonchev–Trinajstić information content (AvgIpc) is 2.45. The predicted octanol–water partition coefficient (Wildman–Crippen LogP) is 1.59. The molecule has 2 atom stereocenters. The molecule has 1 saturated heterocycles. The summed E-state index contributed by atoms with van der Waals surface area (Å²) in [5.74, 6) is -0.536. The molecule has 2 rings (SSSR count). The van der Waals surface area contributed by atoms with Crippen molar-refractivity contribution in [3.8, 4) is 0 Å². The van der Waals surface area contributed by atoms with Gasteiger partial charge in [-0.05, 0) is 45.2 Å². The molecule has 3 N–H and O–H groups in total. The first-order chi connectivity index (χ1) is 9.90. The maximum absolute atomic E-state index is 12.6. The molecule has 1 aliphatic rings. The Hall–Kier alpha value is -1.88. The van der Waals surface area contributed by atoms with Crippen LogP contribution in [0.1, 0.15) is 42.1 Å². The van der Waals surface area contributed by atoms with E-state index in [4.69, 9.17) is 5.73 Å². The number of piperidine rings is 1. The van der Waals surface area contributed by atoms with E-state index < -0.39 is 5.91 Å². The molecule has 1 heterocycles. The van der Waals surface area contributed by atoms with Crippen molar-refractivity contribution in [2.24, 2.45) is 5.73 Å². The molecule has 0 bridgehead atoms. The minimum absolute atomic E-state index is 0.0205. The van der Waals surface area contributed by atoms with E-state index >= 15 is 0 Å². The van der Waals surface area contributed by atoms with Crippen LogP contribution in [0, 0.1) is 6.92 Å². The van der Waals surface area contributed by atoms with Crippen LogP contribution in [-0.2, 0) is 4.79 Å². The van der Waals surface area contributed by atoms with E-state index in [0.29, 0.717) is 17.3 Å². The van der Waals surface area contributed by atoms with Gasteiger partial charge in [-0.25, -0.2) is 0 Å². The van der Waals surface area contributed by atoms with E-state index in [1.807, 2.05) is 13.0 Å². The van der Waals surface area contributed by atoms with Gasteiger partial charge in [-0.2, -0.15) is 0 Å². The van der Waals surface area contributed by atoms with E-state index in [1.54, 1.807) is 19.2 Å². The SMILES string of the molecule is Cc1ccc(N(C)C(=O)C2CCCC(C)N2)c(C(N)=O)c1. The van der Waals surface area contributed by atoms with Crippen molar-refractivity contribution >= 4 is 17.5 Å². The minimum Gasteiger partial charge on any atom is -0.366 e. The molecule has 0 spiro atoms. The summed E-state index contributed by atoms with van der Waals surface area (Å²) in [5.41, 5.74) is 7.32. The van der Waals surface area contributed by atoms with E-state index in [0.717, 1.165) is 24.8 Å². The smallest absolute Gasteiger partial charge is 0.250 e. The summed E-state index contributed by atoms with van der Waals surface area (Å²) in [7, 11) is 1.69. The summed E-state index contributed by atoms with van der Waals surface area (Å²) in [4.78, 5) is 25.8. The van der Waals surface area contributed by atoms with Crippen LogP contribution in [0.4, 0.5) is 5.69 Å². The molecule has 0 saturated carbocycles. The largest absolute Gasteiger partial charge is 0.366 e. The maximum atomic E-state index is 12.6. The molecule has 21 heavy (non-hydrogen) atoms. The number of aryl methyl sites for hydroxylation is 1. The fourth-order valence-corrected chi connectivity index (χ4v) is 2.83. The van der Waals surface area contributed by atoms with Crippen LogP contribution in [0.25, 0.3) is 0 Å². The zero-order chi connectivity index (χ0) is 15.6. The van der Waals surface area contributed by atoms with E-state index in [2.05, 4.69) is 12.2 Å². The highest BCUT2D eigenvalue weighted by Gasteiger charge is 2.28. The Balaban J connectivity index is 2.25. The number of nitrogens with one attached hydrogen (secondary N) is 1. The van der Waals surface area contributed by atoms with Gasteiger partial charge >= 0.3 is 0 Å². The van der Waals surface area contributed by atoms with Gasteiger partial charge in [0.1, 0.15) is 0 Å². The van der Waals surface area contributed by atoms with Crippen LogP contribution in [0.5, 0.6) is 0 Å². The molecule has 1 aromatic rings. The number of benzene rings is 1. The van der Waals surface area contributed by atoms with Gasteiger partial charge in [0, 0.05) is 13.1 Å². The zero-order valence-corrected chi connectivity index (χ0v) is 12.8. The number of hydrogen-bond donors (Lipinski definition) is 2. The Morgan fingerprint density at radius 2 is 2.05 bits per heavy atom. The summed E-state index contributed by atoms with van der Waals surface area (Å²) < 4.78 is 0. The summed E-state index contributed by atoms with van der Waals surface area (Å²) >= 11 is 0. The summed E-state index contributed by atoms with van der Waals surface area (Å²) in [5, 5.41) is 3.32. The number of carbonyl (C=O) groups excluding carboxylic acids is 2. The third-order valence-electron chi connectivity index (χ3n) is 4.02. The van der Waals surface area contributed by atoms with Crippen molar-refractivity contribution in [2.75, 3.05) is 11.9 Å². The van der Waals surface area contributed by atoms with Crippen molar-refractivity contribution in [3.63, 3.8) is 0 Å². The fraction of sp³-hybridized carbons (Fsp3) is 0.500. The molecule has 1 fully saturated rings. The predicted molar refractivity (Wildman–Crippen MR) is 83.3 cm³/mol. The maximum Gasteiger partial charge on any atom is 0.250 e. The van der Waals surface area contributed by atoms with Crippen molar-refractivity contribution in [2.45, 2.75) is 45.2 Å². The molecule has 0 aliphatic carbocycles. The molecular weight excluding hydrogens is 266 g/mol. The topological polar surface area (TPSA) is 75.4 Å². The monoisotopic (exact) mass is 289 g/mol. The van der Waals surface area contributed by atoms with Gasteiger partial charge in [0.05, 0.1) is 17.3 Å². The lowest BCUT2D eigenvalue weighted by Crippen LogP contribution is -2.50. The van der Waals surface area contributed by atoms with Gasteiger partial charge in [-0.3, -0.25) is 9.59 Å². The highest BCUT2D eigenvalue weighted by atomic mass is 16.2. The van der Waals surface area contributed by atoms with Crippen molar-refractivity contribution in [1.29, 1.82) is 0 Å². The molecule has 114 valence electrons. The Morgan fingerprint density at radius 3 is 2.67 bits per heavy atom. The van der Waals surface area contributed by atoms with Gasteiger partial charge in [0.15, 0.2) is 0 Å². The lowest BCUT2D eigenvalue weighted by atomic mass is 9.98. The molecule has 2 unspecified atom stereocenters. The summed E-state index contributed by atoms with van der Waals surface area (Å²) in [6, 6.07) is 5.52. The Kier molecular flexibility index (Phi) is 4.63. The van der Waals surface area contributed by atoms with E-state index in [1.165, 1.54) is 4.90 Å². The minimum atomic E-state index is -0.515. The fourth-order valence-electron chi connectivity index (χ4n) is 2.83. The quantitative estimate of drug-likeness (QED) is 0.887. The Labute approximate surface area is 125 Å². The number of anilines is 1. The molecule has 2 amide bonds. The van der Waals surface area contributed by atoms with Gasteiger partial charge in [-0.15, -0.1) is 0 Å². The molecule has 0 aromatic heterocycles. The van der Waals surface area contributed by atoms with Crippen LogP contribution in [0.2, 0.25) is 0 Å². The number of likely N-dealkylation sites (N-methyl/N-ethyl adjacent to an activating group) is 1. The average molecular weight is 289 g/mol. The second-order valence-corrected chi connectivity index (χ2v) is 5.83. The van der Waals surface area contributed by atoms with Crippen molar-refractivity contribution in [1.82, 2.24) is 5.32 Å². The number of nitrogens with two attached hydrogens (primary N) is 1. The summed E-state index contributed by atoms with van der Waals surface area (Å²) in [6.07, 6.45) is 2.95. The van der Waals surface area contributed by atoms with E-state index in [9.17, 15) is 9.59 Å². The second kappa shape index (κ2) is 6.26. The number of carbonyl (C=O) groups is 2. The molecule has 1 aromatic carbocycles. The highest BCUT2D eigenvalue weighted by Crippen LogP contribution is 2.23. The van der Waals surface area contributed by atoms with Crippen LogP contribution < -0.4 is 16.0 Å². The lowest BCUT2D eigenvalue weighted by molar-refractivity contribution is -0.121. The lowest BCUT2D eigenvalue weighted by Gasteiger charge is -2.31. The first kappa shape index (κ1) is 15.5. The van der Waals surface area contributed by atoms with Crippen LogP contribution in [-0.4, -0.2) is 30.9 Å². The van der Waals surface area contributed by atoms with Gasteiger partial charge in [0.2, 0.25) is 5.91 Å². The van der Waals surface area contributed by atoms with Crippen LogP contribution >= 0.6 is 0 Å². The number of amides is 2. The third kappa shape index (κ3) is 3.42. The number of nitrogens with zero attached hydrogens (tertiary/aromatic N) is 1. The first-order valence-electron chi connectivity index (χ1n) is 7.34. The van der Waals surface area contributed by atoms with Gasteiger partial charge in [-0.1, -0.05) is 11.6 Å². The van der Waals surface area contributed by atoms with Crippen LogP contribution in [0.15, 0.2) is 18.2 Å². The molecular formula is C16H23N3O2. The summed E-state index contributed by atoms with van der Waals surface area (Å²) in [6.45, 7) is 3.97. The van der Waals surface area contributed by atoms with Crippen molar-refractivity contribution < 1.29 is 9.59 Å². The van der Waals surface area contributed by atoms with E-state index in [-0.39, 0.29) is 11.9 Å².